The second-order valence-electron chi connectivity index (χ2n) is 2.88. The van der Waals surface area contributed by atoms with Crippen molar-refractivity contribution >= 4 is 17.5 Å². The van der Waals surface area contributed by atoms with Gasteiger partial charge in [-0.2, -0.15) is 0 Å². The van der Waals surface area contributed by atoms with Crippen LogP contribution in [0.25, 0.3) is 0 Å². The van der Waals surface area contributed by atoms with Crippen LogP contribution >= 0.6 is 0 Å². The fraction of sp³-hybridized carbons (Fsp3) is 0.625. The smallest absolute Gasteiger partial charge is 0.364 e. The lowest BCUT2D eigenvalue weighted by molar-refractivity contribution is -0.135. The first-order valence-electron chi connectivity index (χ1n) is 4.40. The van der Waals surface area contributed by atoms with Gasteiger partial charge in [-0.1, -0.05) is 5.16 Å². The minimum absolute atomic E-state index is 0.0683. The molecule has 1 saturated carbocycles. The molecule has 1 aliphatic carbocycles. The fourth-order valence-electron chi connectivity index (χ4n) is 0.697. The lowest BCUT2D eigenvalue weighted by Gasteiger charge is -2.03. The summed E-state index contributed by atoms with van der Waals surface area (Å²) in [7, 11) is 0. The highest BCUT2D eigenvalue weighted by Gasteiger charge is 2.25. The number of oxime groups is 1. The Morgan fingerprint density at radius 1 is 1.64 bits per heavy atom. The third-order valence-corrected chi connectivity index (χ3v) is 1.54. The van der Waals surface area contributed by atoms with Gasteiger partial charge in [-0.25, -0.2) is 4.79 Å². The second-order valence-corrected chi connectivity index (χ2v) is 2.88. The number of nitrogens with two attached hydrogens (primary N) is 1. The van der Waals surface area contributed by atoms with Crippen molar-refractivity contribution in [2.45, 2.75) is 25.9 Å². The van der Waals surface area contributed by atoms with Crippen molar-refractivity contribution in [3.05, 3.63) is 0 Å². The number of carbonyl (C=O) groups excluding carboxylic acids is 1. The van der Waals surface area contributed by atoms with Gasteiger partial charge in [0.15, 0.2) is 5.84 Å². The topological polar surface area (TPSA) is 97.8 Å². The monoisotopic (exact) mass is 199 g/mol. The number of ether oxygens (including phenoxy) is 1. The predicted molar refractivity (Wildman–Crippen MR) is 50.1 cm³/mol. The van der Waals surface area contributed by atoms with Crippen molar-refractivity contribution in [1.29, 1.82) is 5.41 Å². The van der Waals surface area contributed by atoms with E-state index in [0.717, 1.165) is 12.8 Å². The quantitative estimate of drug-likeness (QED) is 0.282. The minimum atomic E-state index is -0.722. The standard InChI is InChI=1S/C8H13N3O3/c1-2-13-8(12)6(7(9)10)11-14-5-3-4-5/h5H,2-4H2,1H3,(H3,9,10). The molecule has 0 spiro atoms. The number of nitrogens with zero attached hydrogens (tertiary/aromatic N) is 1. The SMILES string of the molecule is CCOC(=O)C(=NOC1CC1)C(=N)N. The summed E-state index contributed by atoms with van der Waals surface area (Å²) in [5, 5.41) is 10.6. The first-order chi connectivity index (χ1) is 6.65. The maximum atomic E-state index is 11.2. The Kier molecular flexibility index (Phi) is 3.44. The molecular weight excluding hydrogens is 186 g/mol. The Morgan fingerprint density at radius 2 is 2.29 bits per heavy atom. The number of nitrogens with one attached hydrogen (secondary N) is 1. The van der Waals surface area contributed by atoms with E-state index in [1.807, 2.05) is 0 Å². The third-order valence-electron chi connectivity index (χ3n) is 1.54. The molecule has 0 unspecified atom stereocenters. The zero-order chi connectivity index (χ0) is 10.6. The van der Waals surface area contributed by atoms with E-state index in [2.05, 4.69) is 9.89 Å². The molecular formula is C8H13N3O3. The van der Waals surface area contributed by atoms with E-state index in [-0.39, 0.29) is 18.4 Å². The van der Waals surface area contributed by atoms with Crippen LogP contribution in [-0.2, 0) is 14.4 Å². The summed E-state index contributed by atoms with van der Waals surface area (Å²) in [6, 6.07) is 0. The molecule has 0 heterocycles. The van der Waals surface area contributed by atoms with Crippen LogP contribution in [0.4, 0.5) is 0 Å². The number of rotatable bonds is 5. The van der Waals surface area contributed by atoms with Crippen molar-refractivity contribution in [3.63, 3.8) is 0 Å². The van der Waals surface area contributed by atoms with Crippen LogP contribution in [0.5, 0.6) is 0 Å². The summed E-state index contributed by atoms with van der Waals surface area (Å²) in [5.74, 6) is -1.16. The zero-order valence-electron chi connectivity index (χ0n) is 7.95. The number of carbonyl (C=O) groups is 1. The van der Waals surface area contributed by atoms with Gasteiger partial charge in [-0.15, -0.1) is 0 Å². The Hall–Kier alpha value is -1.59. The molecule has 0 bridgehead atoms. The molecule has 78 valence electrons. The third kappa shape index (κ3) is 3.04. The van der Waals surface area contributed by atoms with Gasteiger partial charge in [0, 0.05) is 0 Å². The Morgan fingerprint density at radius 3 is 2.71 bits per heavy atom. The molecule has 3 N–H and O–H groups in total. The summed E-state index contributed by atoms with van der Waals surface area (Å²) in [5.41, 5.74) is 4.88. The average molecular weight is 199 g/mol. The van der Waals surface area contributed by atoms with Gasteiger partial charge in [-0.3, -0.25) is 5.41 Å². The zero-order valence-corrected chi connectivity index (χ0v) is 7.95. The van der Waals surface area contributed by atoms with E-state index >= 15 is 0 Å². The second kappa shape index (κ2) is 4.59. The highest BCUT2D eigenvalue weighted by atomic mass is 16.6. The van der Waals surface area contributed by atoms with Crippen LogP contribution in [0.2, 0.25) is 0 Å². The number of esters is 1. The van der Waals surface area contributed by atoms with E-state index < -0.39 is 11.8 Å². The molecule has 0 amide bonds. The summed E-state index contributed by atoms with van der Waals surface area (Å²) in [6.45, 7) is 1.88. The van der Waals surface area contributed by atoms with E-state index in [1.165, 1.54) is 0 Å². The van der Waals surface area contributed by atoms with E-state index in [4.69, 9.17) is 16.0 Å². The summed E-state index contributed by atoms with van der Waals surface area (Å²) >= 11 is 0. The molecule has 0 aromatic heterocycles. The molecule has 0 atom stereocenters. The molecule has 14 heavy (non-hydrogen) atoms. The highest BCUT2D eigenvalue weighted by molar-refractivity contribution is 6.64. The molecule has 0 aromatic carbocycles. The van der Waals surface area contributed by atoms with Crippen molar-refractivity contribution < 1.29 is 14.4 Å². The molecule has 1 fully saturated rings. The van der Waals surface area contributed by atoms with Crippen molar-refractivity contribution in [2.75, 3.05) is 6.61 Å². The molecule has 1 aliphatic rings. The number of amidine groups is 1. The van der Waals surface area contributed by atoms with Crippen molar-refractivity contribution in [2.24, 2.45) is 10.9 Å². The van der Waals surface area contributed by atoms with Crippen molar-refractivity contribution in [1.82, 2.24) is 0 Å². The number of hydrogen-bond acceptors (Lipinski definition) is 5. The first kappa shape index (κ1) is 10.5. The van der Waals surface area contributed by atoms with Crippen molar-refractivity contribution in [3.8, 4) is 0 Å². The molecule has 0 saturated heterocycles. The van der Waals surface area contributed by atoms with Crippen LogP contribution in [0.3, 0.4) is 0 Å². The minimum Gasteiger partial charge on any atom is -0.461 e. The van der Waals surface area contributed by atoms with Crippen LogP contribution < -0.4 is 5.73 Å². The molecule has 0 radical (unpaired) electrons. The van der Waals surface area contributed by atoms with Gasteiger partial charge < -0.3 is 15.3 Å². The van der Waals surface area contributed by atoms with Gasteiger partial charge in [0.25, 0.3) is 0 Å². The normalized spacial score (nSPS) is 16.2. The highest BCUT2D eigenvalue weighted by Crippen LogP contribution is 2.23. The largest absolute Gasteiger partial charge is 0.461 e. The first-order valence-corrected chi connectivity index (χ1v) is 4.40. The van der Waals surface area contributed by atoms with E-state index in [9.17, 15) is 4.79 Å². The molecule has 0 aromatic rings. The van der Waals surface area contributed by atoms with Gasteiger partial charge in [0.1, 0.15) is 6.10 Å². The van der Waals surface area contributed by atoms with Gasteiger partial charge in [-0.05, 0) is 19.8 Å². The lowest BCUT2D eigenvalue weighted by atomic mass is 10.3. The van der Waals surface area contributed by atoms with Crippen LogP contribution in [0.1, 0.15) is 19.8 Å². The summed E-state index contributed by atoms with van der Waals surface area (Å²) in [4.78, 5) is 16.1. The van der Waals surface area contributed by atoms with E-state index in [0.29, 0.717) is 0 Å². The molecule has 0 aliphatic heterocycles. The average Bonchev–Trinajstić information content (AvgIpc) is 2.88. The maximum absolute atomic E-state index is 11.2. The maximum Gasteiger partial charge on any atom is 0.364 e. The Bertz CT molecular complexity index is 271. The van der Waals surface area contributed by atoms with Gasteiger partial charge in [0.05, 0.1) is 6.61 Å². The fourth-order valence-corrected chi connectivity index (χ4v) is 0.697. The summed E-state index contributed by atoms with van der Waals surface area (Å²) in [6.07, 6.45) is 1.92. The van der Waals surface area contributed by atoms with Crippen LogP contribution in [-0.4, -0.2) is 30.2 Å². The lowest BCUT2D eigenvalue weighted by Crippen LogP contribution is -2.32. The Balaban J connectivity index is 2.56. The number of hydrogen-bond donors (Lipinski definition) is 2. The van der Waals surface area contributed by atoms with Crippen LogP contribution in [0, 0.1) is 5.41 Å². The predicted octanol–water partition coefficient (Wildman–Crippen LogP) is 0.0205. The van der Waals surface area contributed by atoms with E-state index in [1.54, 1.807) is 6.92 Å². The molecule has 6 heteroatoms. The van der Waals surface area contributed by atoms with Gasteiger partial charge >= 0.3 is 5.97 Å². The molecule has 6 nitrogen and oxygen atoms in total. The van der Waals surface area contributed by atoms with Crippen LogP contribution in [0.15, 0.2) is 5.16 Å². The van der Waals surface area contributed by atoms with Gasteiger partial charge in [0.2, 0.25) is 5.71 Å². The summed E-state index contributed by atoms with van der Waals surface area (Å²) < 4.78 is 4.65. The Labute approximate surface area is 81.6 Å². The molecule has 1 rings (SSSR count).